The van der Waals surface area contributed by atoms with Crippen LogP contribution in [0.2, 0.25) is 0 Å². The van der Waals surface area contributed by atoms with Crippen LogP contribution in [0.5, 0.6) is 5.75 Å². The quantitative estimate of drug-likeness (QED) is 0.688. The highest BCUT2D eigenvalue weighted by Gasteiger charge is 2.19. The molecule has 3 rings (SSSR count). The van der Waals surface area contributed by atoms with Gasteiger partial charge in [-0.15, -0.1) is 10.2 Å². The number of benzene rings is 1. The zero-order valence-corrected chi connectivity index (χ0v) is 13.6. The second kappa shape index (κ2) is 7.14. The molecule has 1 aromatic carbocycles. The normalized spacial score (nSPS) is 10.5. The maximum Gasteiger partial charge on any atom is 0.313 e. The third-order valence-corrected chi connectivity index (χ3v) is 4.14. The summed E-state index contributed by atoms with van der Waals surface area (Å²) >= 11 is 1.10. The zero-order valence-electron chi connectivity index (χ0n) is 12.8. The maximum absolute atomic E-state index is 10.9. The van der Waals surface area contributed by atoms with Gasteiger partial charge in [0.2, 0.25) is 0 Å². The number of ether oxygens (including phenoxy) is 1. The number of aromatic nitrogens is 4. The SMILES string of the molecule is COc1ccccc1-n1c(SCC(=O)O)nnc1-c1ccncc1. The van der Waals surface area contributed by atoms with Crippen LogP contribution in [0.4, 0.5) is 0 Å². The first-order chi connectivity index (χ1) is 11.7. The van der Waals surface area contributed by atoms with E-state index >= 15 is 0 Å². The lowest BCUT2D eigenvalue weighted by Gasteiger charge is -2.13. The van der Waals surface area contributed by atoms with E-state index in [0.717, 1.165) is 23.0 Å². The van der Waals surface area contributed by atoms with Crippen molar-refractivity contribution >= 4 is 17.7 Å². The Morgan fingerprint density at radius 2 is 1.96 bits per heavy atom. The molecule has 0 aliphatic carbocycles. The van der Waals surface area contributed by atoms with E-state index in [0.29, 0.717) is 16.7 Å². The summed E-state index contributed by atoms with van der Waals surface area (Å²) in [6, 6.07) is 11.1. The molecule has 0 atom stereocenters. The Bertz CT molecular complexity index is 852. The molecule has 0 unspecified atom stereocenters. The van der Waals surface area contributed by atoms with E-state index in [1.165, 1.54) is 0 Å². The Labute approximate surface area is 142 Å². The number of hydrogen-bond donors (Lipinski definition) is 1. The number of aliphatic carboxylic acids is 1. The van der Waals surface area contributed by atoms with Gasteiger partial charge in [0.05, 0.1) is 18.6 Å². The molecule has 0 saturated carbocycles. The third-order valence-electron chi connectivity index (χ3n) is 3.22. The third kappa shape index (κ3) is 3.23. The largest absolute Gasteiger partial charge is 0.495 e. The molecule has 0 spiro atoms. The zero-order chi connectivity index (χ0) is 16.9. The van der Waals surface area contributed by atoms with Gasteiger partial charge in [0.1, 0.15) is 5.75 Å². The molecule has 24 heavy (non-hydrogen) atoms. The smallest absolute Gasteiger partial charge is 0.313 e. The van der Waals surface area contributed by atoms with E-state index in [1.54, 1.807) is 24.1 Å². The Balaban J connectivity index is 2.16. The first-order valence-corrected chi connectivity index (χ1v) is 8.03. The molecule has 0 saturated heterocycles. The number of pyridine rings is 1. The fourth-order valence-electron chi connectivity index (χ4n) is 2.21. The van der Waals surface area contributed by atoms with Crippen molar-refractivity contribution in [3.63, 3.8) is 0 Å². The number of rotatable bonds is 6. The number of carboxylic acid groups (broad SMARTS) is 1. The molecular formula is C16H14N4O3S. The Hall–Kier alpha value is -2.87. The van der Waals surface area contributed by atoms with Gasteiger partial charge in [-0.1, -0.05) is 23.9 Å². The summed E-state index contributed by atoms with van der Waals surface area (Å²) < 4.78 is 7.22. The lowest BCUT2D eigenvalue weighted by molar-refractivity contribution is -0.133. The van der Waals surface area contributed by atoms with Gasteiger partial charge < -0.3 is 9.84 Å². The van der Waals surface area contributed by atoms with Crippen molar-refractivity contribution < 1.29 is 14.6 Å². The lowest BCUT2D eigenvalue weighted by atomic mass is 10.2. The highest BCUT2D eigenvalue weighted by Crippen LogP contribution is 2.32. The molecule has 0 aliphatic heterocycles. The van der Waals surface area contributed by atoms with Crippen molar-refractivity contribution in [1.29, 1.82) is 0 Å². The summed E-state index contributed by atoms with van der Waals surface area (Å²) in [5, 5.41) is 17.8. The Morgan fingerprint density at radius 1 is 1.21 bits per heavy atom. The van der Waals surface area contributed by atoms with E-state index in [9.17, 15) is 4.79 Å². The first-order valence-electron chi connectivity index (χ1n) is 7.04. The molecule has 0 radical (unpaired) electrons. The summed E-state index contributed by atoms with van der Waals surface area (Å²) in [7, 11) is 1.58. The minimum Gasteiger partial charge on any atom is -0.495 e. The second-order valence-electron chi connectivity index (χ2n) is 4.73. The highest BCUT2D eigenvalue weighted by molar-refractivity contribution is 7.99. The lowest BCUT2D eigenvalue weighted by Crippen LogP contribution is -2.04. The van der Waals surface area contributed by atoms with Crippen molar-refractivity contribution in [3.05, 3.63) is 48.8 Å². The van der Waals surface area contributed by atoms with Crippen LogP contribution in [-0.2, 0) is 4.79 Å². The van der Waals surface area contributed by atoms with Crippen molar-refractivity contribution in [2.45, 2.75) is 5.16 Å². The van der Waals surface area contributed by atoms with Crippen LogP contribution in [0.3, 0.4) is 0 Å². The van der Waals surface area contributed by atoms with Gasteiger partial charge in [-0.2, -0.15) is 0 Å². The maximum atomic E-state index is 10.9. The predicted molar refractivity (Wildman–Crippen MR) is 89.5 cm³/mol. The van der Waals surface area contributed by atoms with Crippen LogP contribution in [0, 0.1) is 0 Å². The number of thioether (sulfide) groups is 1. The summed E-state index contributed by atoms with van der Waals surface area (Å²) in [6.45, 7) is 0. The Morgan fingerprint density at radius 3 is 2.67 bits per heavy atom. The fraction of sp³-hybridized carbons (Fsp3) is 0.125. The van der Waals surface area contributed by atoms with E-state index < -0.39 is 5.97 Å². The number of carboxylic acids is 1. The van der Waals surface area contributed by atoms with Crippen molar-refractivity contribution in [2.24, 2.45) is 0 Å². The van der Waals surface area contributed by atoms with Gasteiger partial charge in [0, 0.05) is 18.0 Å². The average molecular weight is 342 g/mol. The van der Waals surface area contributed by atoms with Gasteiger partial charge in [0.25, 0.3) is 0 Å². The molecule has 3 aromatic rings. The second-order valence-corrected chi connectivity index (χ2v) is 5.67. The van der Waals surface area contributed by atoms with Gasteiger partial charge in [-0.05, 0) is 24.3 Å². The van der Waals surface area contributed by atoms with Gasteiger partial charge in [0.15, 0.2) is 11.0 Å². The van der Waals surface area contributed by atoms with Crippen LogP contribution in [-0.4, -0.2) is 43.7 Å². The van der Waals surface area contributed by atoms with Crippen LogP contribution in [0.15, 0.2) is 53.9 Å². The fourth-order valence-corrected chi connectivity index (χ4v) is 2.87. The molecule has 2 heterocycles. The van der Waals surface area contributed by atoms with E-state index in [1.807, 2.05) is 36.4 Å². The number of hydrogen-bond acceptors (Lipinski definition) is 6. The van der Waals surface area contributed by atoms with Crippen LogP contribution >= 0.6 is 11.8 Å². The average Bonchev–Trinajstić information content (AvgIpc) is 3.04. The molecule has 0 amide bonds. The van der Waals surface area contributed by atoms with Gasteiger partial charge in [-0.25, -0.2) is 0 Å². The number of para-hydroxylation sites is 2. The monoisotopic (exact) mass is 342 g/mol. The van der Waals surface area contributed by atoms with Crippen LogP contribution in [0.25, 0.3) is 17.1 Å². The molecule has 0 bridgehead atoms. The molecular weight excluding hydrogens is 328 g/mol. The standard InChI is InChI=1S/C16H14N4O3S/c1-23-13-5-3-2-4-12(13)20-15(11-6-8-17-9-7-11)18-19-16(20)24-10-14(21)22/h2-9H,10H2,1H3,(H,21,22). The van der Waals surface area contributed by atoms with Crippen molar-refractivity contribution in [1.82, 2.24) is 19.7 Å². The first kappa shape index (κ1) is 16.0. The predicted octanol–water partition coefficient (Wildman–Crippen LogP) is 2.51. The number of carbonyl (C=O) groups is 1. The Kier molecular flexibility index (Phi) is 4.76. The number of methoxy groups -OCH3 is 1. The van der Waals surface area contributed by atoms with Crippen LogP contribution in [0.1, 0.15) is 0 Å². The summed E-state index contributed by atoms with van der Waals surface area (Å²) in [6.07, 6.45) is 3.33. The molecule has 2 aromatic heterocycles. The van der Waals surface area contributed by atoms with Crippen LogP contribution < -0.4 is 4.74 Å². The molecule has 122 valence electrons. The molecule has 0 fully saturated rings. The highest BCUT2D eigenvalue weighted by atomic mass is 32.2. The minimum absolute atomic E-state index is 0.108. The summed E-state index contributed by atoms with van der Waals surface area (Å²) in [5.41, 5.74) is 1.57. The topological polar surface area (TPSA) is 90.1 Å². The summed E-state index contributed by atoms with van der Waals surface area (Å²) in [4.78, 5) is 14.9. The van der Waals surface area contributed by atoms with Gasteiger partial charge in [-0.3, -0.25) is 14.3 Å². The van der Waals surface area contributed by atoms with E-state index in [4.69, 9.17) is 9.84 Å². The van der Waals surface area contributed by atoms with Gasteiger partial charge >= 0.3 is 5.97 Å². The minimum atomic E-state index is -0.917. The molecule has 8 heteroatoms. The number of nitrogens with zero attached hydrogens (tertiary/aromatic N) is 4. The van der Waals surface area contributed by atoms with E-state index in [-0.39, 0.29) is 5.75 Å². The van der Waals surface area contributed by atoms with Crippen molar-refractivity contribution in [3.8, 4) is 22.8 Å². The van der Waals surface area contributed by atoms with Crippen molar-refractivity contribution in [2.75, 3.05) is 12.9 Å². The van der Waals surface area contributed by atoms with E-state index in [2.05, 4.69) is 15.2 Å². The molecule has 0 aliphatic rings. The molecule has 1 N–H and O–H groups in total. The molecule has 7 nitrogen and oxygen atoms in total. The summed E-state index contributed by atoms with van der Waals surface area (Å²) in [5.74, 6) is 0.212.